The third kappa shape index (κ3) is 15.7. The number of hydrogen-bond donors (Lipinski definition) is 0. The van der Waals surface area contributed by atoms with Crippen LogP contribution < -0.4 is 0 Å². The van der Waals surface area contributed by atoms with Gasteiger partial charge in [0.15, 0.2) is 0 Å². The van der Waals surface area contributed by atoms with Crippen LogP contribution in [0.2, 0.25) is 0 Å². The summed E-state index contributed by atoms with van der Waals surface area (Å²) in [6, 6.07) is 0. The normalized spacial score (nSPS) is 18.0. The van der Waals surface area contributed by atoms with Crippen molar-refractivity contribution in [2.45, 2.75) is 59.8 Å². The molecule has 1 fully saturated rings. The van der Waals surface area contributed by atoms with Crippen LogP contribution >= 0.6 is 0 Å². The van der Waals surface area contributed by atoms with Gasteiger partial charge in [-0.05, 0) is 5.41 Å². The first-order valence-electron chi connectivity index (χ1n) is 4.50. The molecule has 0 N–H and O–H groups in total. The van der Waals surface area contributed by atoms with Crippen molar-refractivity contribution in [2.75, 3.05) is 0 Å². The van der Waals surface area contributed by atoms with Crippen molar-refractivity contribution in [1.82, 2.24) is 0 Å². The Balaban J connectivity index is 0.000000162. The lowest BCUT2D eigenvalue weighted by Gasteiger charge is -2.05. The second-order valence-electron chi connectivity index (χ2n) is 4.77. The summed E-state index contributed by atoms with van der Waals surface area (Å²) in [4.78, 5) is 0. The Hall–Kier alpha value is 0. The lowest BCUT2D eigenvalue weighted by molar-refractivity contribution is 0.469. The average Bonchev–Trinajstić information content (AvgIpc) is 2.07. The highest BCUT2D eigenvalue weighted by Gasteiger charge is 1.95. The zero-order valence-electron chi connectivity index (χ0n) is 8.04. The van der Waals surface area contributed by atoms with Crippen LogP contribution in [0.5, 0.6) is 0 Å². The lowest BCUT2D eigenvalue weighted by Crippen LogP contribution is -1.93. The van der Waals surface area contributed by atoms with E-state index in [1.54, 1.807) is 0 Å². The first-order chi connectivity index (χ1) is 4.50. The average molecular weight is 142 g/mol. The molecule has 0 heterocycles. The van der Waals surface area contributed by atoms with Crippen molar-refractivity contribution < 1.29 is 0 Å². The summed E-state index contributed by atoms with van der Waals surface area (Å²) in [7, 11) is 0. The Morgan fingerprint density at radius 3 is 0.800 bits per heavy atom. The molecule has 0 aromatic heterocycles. The van der Waals surface area contributed by atoms with E-state index >= 15 is 0 Å². The molecule has 0 saturated heterocycles. The summed E-state index contributed by atoms with van der Waals surface area (Å²) in [6.45, 7) is 8.75. The van der Waals surface area contributed by atoms with Crippen LogP contribution in [-0.2, 0) is 0 Å². The molecule has 0 radical (unpaired) electrons. The van der Waals surface area contributed by atoms with E-state index in [2.05, 4.69) is 27.7 Å². The summed E-state index contributed by atoms with van der Waals surface area (Å²) in [6.07, 6.45) is 7.50. The molecule has 1 aliphatic carbocycles. The molecule has 0 aromatic carbocycles. The van der Waals surface area contributed by atoms with Gasteiger partial charge in [-0.2, -0.15) is 0 Å². The van der Waals surface area contributed by atoms with Crippen LogP contribution in [0.25, 0.3) is 0 Å². The largest absolute Gasteiger partial charge is 0.0604 e. The summed E-state index contributed by atoms with van der Waals surface area (Å²) < 4.78 is 0. The fourth-order valence-electron chi connectivity index (χ4n) is 0.884. The summed E-state index contributed by atoms with van der Waals surface area (Å²) >= 11 is 0. The molecule has 0 spiro atoms. The minimum Gasteiger partial charge on any atom is -0.0604 e. The van der Waals surface area contributed by atoms with Crippen LogP contribution in [0.1, 0.15) is 59.8 Å². The molecular formula is C10H22. The Morgan fingerprint density at radius 2 is 0.700 bits per heavy atom. The zero-order valence-corrected chi connectivity index (χ0v) is 8.04. The fraction of sp³-hybridized carbons (Fsp3) is 1.00. The van der Waals surface area contributed by atoms with E-state index in [9.17, 15) is 0 Å². The zero-order chi connectivity index (χ0) is 8.04. The first kappa shape index (κ1) is 10.0. The van der Waals surface area contributed by atoms with Gasteiger partial charge in [-0.3, -0.25) is 0 Å². The predicted octanol–water partition coefficient (Wildman–Crippen LogP) is 4.00. The van der Waals surface area contributed by atoms with E-state index in [4.69, 9.17) is 0 Å². The molecule has 0 amide bonds. The molecule has 1 rings (SSSR count). The standard InChI is InChI=1S/C5H10.C5H12/c1-2-4-5-3-1;1-5(2,3)4/h1-5H2;1-4H3. The number of rotatable bonds is 0. The van der Waals surface area contributed by atoms with E-state index in [1.807, 2.05) is 0 Å². The van der Waals surface area contributed by atoms with E-state index in [1.165, 1.54) is 32.1 Å². The molecule has 0 aromatic rings. The van der Waals surface area contributed by atoms with Gasteiger partial charge in [-0.25, -0.2) is 0 Å². The smallest absolute Gasteiger partial charge is 0.0411 e. The summed E-state index contributed by atoms with van der Waals surface area (Å²) in [5, 5.41) is 0. The maximum absolute atomic E-state index is 2.19. The van der Waals surface area contributed by atoms with Crippen molar-refractivity contribution in [3.8, 4) is 0 Å². The minimum absolute atomic E-state index is 0.500. The van der Waals surface area contributed by atoms with E-state index < -0.39 is 0 Å². The second-order valence-corrected chi connectivity index (χ2v) is 4.77. The van der Waals surface area contributed by atoms with Crippen molar-refractivity contribution in [3.63, 3.8) is 0 Å². The van der Waals surface area contributed by atoms with Crippen molar-refractivity contribution in [1.29, 1.82) is 0 Å². The second kappa shape index (κ2) is 4.76. The van der Waals surface area contributed by atoms with Gasteiger partial charge in [0, 0.05) is 0 Å². The molecule has 1 saturated carbocycles. The van der Waals surface area contributed by atoms with Gasteiger partial charge in [-0.15, -0.1) is 0 Å². The maximum atomic E-state index is 2.19. The van der Waals surface area contributed by atoms with Gasteiger partial charge in [0.2, 0.25) is 0 Å². The molecule has 0 unspecified atom stereocenters. The Morgan fingerprint density at radius 1 is 0.600 bits per heavy atom. The van der Waals surface area contributed by atoms with Gasteiger partial charge in [-0.1, -0.05) is 59.8 Å². The third-order valence-corrected chi connectivity index (χ3v) is 1.25. The topological polar surface area (TPSA) is 0 Å². The van der Waals surface area contributed by atoms with E-state index in [0.717, 1.165) is 0 Å². The molecular weight excluding hydrogens is 120 g/mol. The van der Waals surface area contributed by atoms with E-state index in [-0.39, 0.29) is 0 Å². The Kier molecular flexibility index (Phi) is 4.76. The Labute approximate surface area is 66.0 Å². The monoisotopic (exact) mass is 142 g/mol. The van der Waals surface area contributed by atoms with Gasteiger partial charge >= 0.3 is 0 Å². The molecule has 0 heteroatoms. The first-order valence-corrected chi connectivity index (χ1v) is 4.50. The lowest BCUT2D eigenvalue weighted by atomic mass is 10.0. The highest BCUT2D eigenvalue weighted by molar-refractivity contribution is 4.51. The van der Waals surface area contributed by atoms with Gasteiger partial charge in [0.05, 0.1) is 0 Å². The molecule has 0 bridgehead atoms. The van der Waals surface area contributed by atoms with Crippen molar-refractivity contribution in [3.05, 3.63) is 0 Å². The van der Waals surface area contributed by atoms with E-state index in [0.29, 0.717) is 5.41 Å². The molecule has 1 aliphatic rings. The highest BCUT2D eigenvalue weighted by Crippen LogP contribution is 2.15. The predicted molar refractivity (Wildman–Crippen MR) is 48.2 cm³/mol. The summed E-state index contributed by atoms with van der Waals surface area (Å²) in [5.74, 6) is 0. The Bertz CT molecular complexity index is 49.0. The van der Waals surface area contributed by atoms with Gasteiger partial charge in [0.1, 0.15) is 0 Å². The molecule has 62 valence electrons. The fourth-order valence-corrected chi connectivity index (χ4v) is 0.884. The van der Waals surface area contributed by atoms with Crippen LogP contribution in [0.15, 0.2) is 0 Å². The highest BCUT2D eigenvalue weighted by atomic mass is 14.0. The van der Waals surface area contributed by atoms with Crippen molar-refractivity contribution >= 4 is 0 Å². The van der Waals surface area contributed by atoms with Crippen molar-refractivity contribution in [2.24, 2.45) is 5.41 Å². The molecule has 0 aliphatic heterocycles. The number of hydrogen-bond acceptors (Lipinski definition) is 0. The van der Waals surface area contributed by atoms with Crippen LogP contribution in [0.3, 0.4) is 0 Å². The molecule has 10 heavy (non-hydrogen) atoms. The van der Waals surface area contributed by atoms with Crippen LogP contribution in [-0.4, -0.2) is 0 Å². The maximum Gasteiger partial charge on any atom is -0.0411 e. The van der Waals surface area contributed by atoms with Crippen LogP contribution in [0, 0.1) is 5.41 Å². The SMILES string of the molecule is C1CCCC1.CC(C)(C)C. The summed E-state index contributed by atoms with van der Waals surface area (Å²) in [5.41, 5.74) is 0.500. The quantitative estimate of drug-likeness (QED) is 0.479. The molecule has 0 atom stereocenters. The van der Waals surface area contributed by atoms with Gasteiger partial charge in [0.25, 0.3) is 0 Å². The third-order valence-electron chi connectivity index (χ3n) is 1.25. The minimum atomic E-state index is 0.500. The molecule has 0 nitrogen and oxygen atoms in total. The van der Waals surface area contributed by atoms with Gasteiger partial charge < -0.3 is 0 Å². The van der Waals surface area contributed by atoms with Crippen LogP contribution in [0.4, 0.5) is 0 Å².